The second-order valence-corrected chi connectivity index (χ2v) is 9.19. The lowest BCUT2D eigenvalue weighted by molar-refractivity contribution is 0.197. The summed E-state index contributed by atoms with van der Waals surface area (Å²) in [5.74, 6) is 1.16. The van der Waals surface area contributed by atoms with Crippen LogP contribution in [0, 0.1) is 25.7 Å². The maximum Gasteiger partial charge on any atom is 0.344 e. The summed E-state index contributed by atoms with van der Waals surface area (Å²) in [6.45, 7) is 11.4. The van der Waals surface area contributed by atoms with Gasteiger partial charge in [0.2, 0.25) is 0 Å². The summed E-state index contributed by atoms with van der Waals surface area (Å²) in [6.07, 6.45) is 6.18. The topological polar surface area (TPSA) is 44.6 Å². The van der Waals surface area contributed by atoms with Crippen LogP contribution in [0.4, 0.5) is 10.5 Å². The minimum Gasteiger partial charge on any atom is -0.371 e. The van der Waals surface area contributed by atoms with Gasteiger partial charge < -0.3 is 9.80 Å². The molecule has 1 aromatic carbocycles. The third-order valence-electron chi connectivity index (χ3n) is 6.82. The zero-order valence-corrected chi connectivity index (χ0v) is 17.5. The van der Waals surface area contributed by atoms with Gasteiger partial charge in [-0.15, -0.1) is 0 Å². The molecule has 0 bridgehead atoms. The van der Waals surface area contributed by atoms with Gasteiger partial charge in [0.25, 0.3) is 0 Å². The fourth-order valence-electron chi connectivity index (χ4n) is 5.34. The maximum atomic E-state index is 12.7. The largest absolute Gasteiger partial charge is 0.371 e. The van der Waals surface area contributed by atoms with Crippen molar-refractivity contribution in [3.63, 3.8) is 0 Å². The van der Waals surface area contributed by atoms with Crippen LogP contribution in [0.2, 0.25) is 0 Å². The van der Waals surface area contributed by atoms with E-state index in [0.29, 0.717) is 11.8 Å². The number of carbonyl (C=O) groups is 1. The normalized spacial score (nSPS) is 24.5. The first-order valence-electron chi connectivity index (χ1n) is 10.9. The summed E-state index contributed by atoms with van der Waals surface area (Å²) in [7, 11) is 0. The van der Waals surface area contributed by atoms with Crippen LogP contribution in [-0.4, -0.2) is 64.9 Å². The highest BCUT2D eigenvalue weighted by molar-refractivity contribution is 5.76. The Balaban J connectivity index is 1.23. The SMILES string of the molecule is Cc1ccc(CN2CC3CN(C(=O)n4cc(C)cn4)CC3C2)c(N2CCCC2)c1. The number of hydrogen-bond donors (Lipinski definition) is 0. The van der Waals surface area contributed by atoms with Crippen LogP contribution < -0.4 is 4.90 Å². The van der Waals surface area contributed by atoms with Gasteiger partial charge in [0.1, 0.15) is 0 Å². The lowest BCUT2D eigenvalue weighted by atomic mass is 10.0. The molecule has 5 rings (SSSR count). The molecule has 3 fully saturated rings. The molecule has 2 atom stereocenters. The number of amides is 1. The van der Waals surface area contributed by atoms with E-state index in [2.05, 4.69) is 40.0 Å². The first kappa shape index (κ1) is 18.7. The lowest BCUT2D eigenvalue weighted by Crippen LogP contribution is -2.36. The molecule has 1 aromatic heterocycles. The van der Waals surface area contributed by atoms with Crippen molar-refractivity contribution in [2.45, 2.75) is 33.2 Å². The van der Waals surface area contributed by atoms with E-state index in [-0.39, 0.29) is 6.03 Å². The summed E-state index contributed by atoms with van der Waals surface area (Å²) in [6, 6.07) is 6.96. The van der Waals surface area contributed by atoms with E-state index in [4.69, 9.17) is 0 Å². The number of fused-ring (bicyclic) bond motifs is 1. The fraction of sp³-hybridized carbons (Fsp3) is 0.565. The smallest absolute Gasteiger partial charge is 0.344 e. The van der Waals surface area contributed by atoms with Crippen LogP contribution in [-0.2, 0) is 6.54 Å². The number of hydrogen-bond acceptors (Lipinski definition) is 4. The van der Waals surface area contributed by atoms with Crippen molar-refractivity contribution in [3.05, 3.63) is 47.3 Å². The van der Waals surface area contributed by atoms with Crippen LogP contribution in [0.25, 0.3) is 0 Å². The molecule has 6 heteroatoms. The zero-order valence-electron chi connectivity index (χ0n) is 17.5. The Morgan fingerprint density at radius 2 is 1.76 bits per heavy atom. The second kappa shape index (κ2) is 7.48. The summed E-state index contributed by atoms with van der Waals surface area (Å²) in [5, 5.41) is 4.19. The van der Waals surface area contributed by atoms with Gasteiger partial charge in [0.05, 0.1) is 6.20 Å². The molecule has 2 aromatic rings. The van der Waals surface area contributed by atoms with E-state index >= 15 is 0 Å². The van der Waals surface area contributed by atoms with Crippen LogP contribution in [0.5, 0.6) is 0 Å². The Kier molecular flexibility index (Phi) is 4.82. The number of anilines is 1. The van der Waals surface area contributed by atoms with Crippen molar-refractivity contribution >= 4 is 11.7 Å². The molecule has 3 aliphatic heterocycles. The van der Waals surface area contributed by atoms with Gasteiger partial charge in [-0.25, -0.2) is 4.79 Å². The number of aromatic nitrogens is 2. The standard InChI is InChI=1S/C23H31N5O/c1-17-5-6-19(22(9-17)26-7-3-4-8-26)12-25-13-20-15-27(16-21(20)14-25)23(29)28-11-18(2)10-24-28/h5-6,9-11,20-21H,3-4,7-8,12-16H2,1-2H3. The van der Waals surface area contributed by atoms with E-state index in [1.807, 2.05) is 18.0 Å². The number of carbonyl (C=O) groups excluding carboxylic acids is 1. The summed E-state index contributed by atoms with van der Waals surface area (Å²) >= 11 is 0. The number of benzene rings is 1. The Bertz CT molecular complexity index is 886. The Labute approximate surface area is 173 Å². The molecular formula is C23H31N5O. The Morgan fingerprint density at radius 1 is 1.03 bits per heavy atom. The molecule has 0 saturated carbocycles. The maximum absolute atomic E-state index is 12.7. The van der Waals surface area contributed by atoms with Crippen LogP contribution in [0.15, 0.2) is 30.6 Å². The number of rotatable bonds is 3. The van der Waals surface area contributed by atoms with Gasteiger partial charge in [-0.1, -0.05) is 12.1 Å². The van der Waals surface area contributed by atoms with E-state index in [0.717, 1.165) is 38.3 Å². The van der Waals surface area contributed by atoms with Gasteiger partial charge in [-0.2, -0.15) is 9.78 Å². The van der Waals surface area contributed by atoms with E-state index in [1.165, 1.54) is 47.4 Å². The van der Waals surface area contributed by atoms with Crippen LogP contribution >= 0.6 is 0 Å². The molecular weight excluding hydrogens is 362 g/mol. The molecule has 0 spiro atoms. The van der Waals surface area contributed by atoms with Gasteiger partial charge in [-0.3, -0.25) is 4.90 Å². The molecule has 154 valence electrons. The second-order valence-electron chi connectivity index (χ2n) is 9.19. The van der Waals surface area contributed by atoms with Gasteiger partial charge >= 0.3 is 6.03 Å². The van der Waals surface area contributed by atoms with Crippen molar-refractivity contribution in [1.82, 2.24) is 19.6 Å². The molecule has 0 N–H and O–H groups in total. The van der Waals surface area contributed by atoms with Crippen molar-refractivity contribution in [1.29, 1.82) is 0 Å². The Hall–Kier alpha value is -2.34. The third-order valence-corrected chi connectivity index (χ3v) is 6.82. The lowest BCUT2D eigenvalue weighted by Gasteiger charge is -2.26. The van der Waals surface area contributed by atoms with Gasteiger partial charge in [-0.05, 0) is 61.3 Å². The highest BCUT2D eigenvalue weighted by Crippen LogP contribution is 2.34. The first-order chi connectivity index (χ1) is 14.1. The quantitative estimate of drug-likeness (QED) is 0.804. The molecule has 29 heavy (non-hydrogen) atoms. The van der Waals surface area contributed by atoms with Crippen molar-refractivity contribution in [2.75, 3.05) is 44.2 Å². The number of nitrogens with zero attached hydrogens (tertiary/aromatic N) is 5. The molecule has 3 saturated heterocycles. The summed E-state index contributed by atoms with van der Waals surface area (Å²) < 4.78 is 1.49. The Morgan fingerprint density at radius 3 is 2.41 bits per heavy atom. The molecule has 2 unspecified atom stereocenters. The molecule has 3 aliphatic rings. The average Bonchev–Trinajstić information content (AvgIpc) is 3.46. The molecule has 0 radical (unpaired) electrons. The highest BCUT2D eigenvalue weighted by atomic mass is 16.2. The zero-order chi connectivity index (χ0) is 20.0. The van der Waals surface area contributed by atoms with E-state index in [9.17, 15) is 4.79 Å². The molecule has 4 heterocycles. The average molecular weight is 394 g/mol. The third kappa shape index (κ3) is 3.66. The molecule has 1 amide bonds. The van der Waals surface area contributed by atoms with E-state index in [1.54, 1.807) is 6.20 Å². The minimum atomic E-state index is 0.0221. The van der Waals surface area contributed by atoms with E-state index < -0.39 is 0 Å². The number of likely N-dealkylation sites (tertiary alicyclic amines) is 2. The highest BCUT2D eigenvalue weighted by Gasteiger charge is 2.42. The van der Waals surface area contributed by atoms with Crippen molar-refractivity contribution in [2.24, 2.45) is 11.8 Å². The van der Waals surface area contributed by atoms with Crippen molar-refractivity contribution < 1.29 is 4.79 Å². The number of aryl methyl sites for hydroxylation is 2. The van der Waals surface area contributed by atoms with Gasteiger partial charge in [0, 0.05) is 57.7 Å². The molecule has 6 nitrogen and oxygen atoms in total. The molecule has 0 aliphatic carbocycles. The monoisotopic (exact) mass is 393 g/mol. The summed E-state index contributed by atoms with van der Waals surface area (Å²) in [4.78, 5) is 19.8. The first-order valence-corrected chi connectivity index (χ1v) is 10.9. The van der Waals surface area contributed by atoms with Crippen molar-refractivity contribution in [3.8, 4) is 0 Å². The predicted octanol–water partition coefficient (Wildman–Crippen LogP) is 3.13. The predicted molar refractivity (Wildman–Crippen MR) is 114 cm³/mol. The summed E-state index contributed by atoms with van der Waals surface area (Å²) in [5.41, 5.74) is 5.26. The van der Waals surface area contributed by atoms with Crippen LogP contribution in [0.1, 0.15) is 29.5 Å². The fourth-order valence-corrected chi connectivity index (χ4v) is 5.34. The van der Waals surface area contributed by atoms with Gasteiger partial charge in [0.15, 0.2) is 0 Å². The minimum absolute atomic E-state index is 0.0221. The van der Waals surface area contributed by atoms with Crippen LogP contribution in [0.3, 0.4) is 0 Å².